The number of β-amino-alcohol motifs (C(OH)–C–C–N with tert-alkyl or cyclic N) is 1. The predicted molar refractivity (Wildman–Crippen MR) is 91.3 cm³/mol. The highest BCUT2D eigenvalue weighted by Crippen LogP contribution is 2.44. The zero-order valence-corrected chi connectivity index (χ0v) is 15.1. The minimum absolute atomic E-state index is 0.01000. The second-order valence-electron chi connectivity index (χ2n) is 7.39. The molecule has 132 valence electrons. The van der Waals surface area contributed by atoms with Gasteiger partial charge < -0.3 is 10.0 Å². The molecule has 6 heteroatoms. The van der Waals surface area contributed by atoms with Crippen molar-refractivity contribution in [2.45, 2.75) is 43.1 Å². The fourth-order valence-corrected chi connectivity index (χ4v) is 4.42. The van der Waals surface area contributed by atoms with Gasteiger partial charge in [-0.05, 0) is 36.5 Å². The van der Waals surface area contributed by atoms with Gasteiger partial charge in [0.2, 0.25) is 5.91 Å². The van der Waals surface area contributed by atoms with Crippen LogP contribution in [0.4, 0.5) is 0 Å². The van der Waals surface area contributed by atoms with Gasteiger partial charge in [-0.3, -0.25) is 4.79 Å². The Morgan fingerprint density at radius 3 is 2.42 bits per heavy atom. The van der Waals surface area contributed by atoms with Crippen LogP contribution in [0.5, 0.6) is 0 Å². The summed E-state index contributed by atoms with van der Waals surface area (Å²) in [6.45, 7) is 3.03. The first-order chi connectivity index (χ1) is 11.2. The topological polar surface area (TPSA) is 74.7 Å². The third kappa shape index (κ3) is 3.22. The first kappa shape index (κ1) is 17.4. The van der Waals surface area contributed by atoms with E-state index in [0.717, 1.165) is 18.4 Å². The van der Waals surface area contributed by atoms with Crippen LogP contribution in [0.25, 0.3) is 0 Å². The largest absolute Gasteiger partial charge is 0.387 e. The van der Waals surface area contributed by atoms with Crippen molar-refractivity contribution in [2.75, 3.05) is 19.3 Å². The first-order valence-corrected chi connectivity index (χ1v) is 10.4. The average Bonchev–Trinajstić information content (AvgIpc) is 2.73. The van der Waals surface area contributed by atoms with Crippen molar-refractivity contribution in [3.63, 3.8) is 0 Å². The van der Waals surface area contributed by atoms with Crippen LogP contribution in [-0.4, -0.2) is 49.3 Å². The van der Waals surface area contributed by atoms with Crippen molar-refractivity contribution >= 4 is 15.7 Å². The summed E-state index contributed by atoms with van der Waals surface area (Å²) in [5.74, 6) is 0.405. The molecule has 1 aliphatic carbocycles. The third-order valence-electron chi connectivity index (χ3n) is 5.66. The summed E-state index contributed by atoms with van der Waals surface area (Å²) >= 11 is 0. The number of likely N-dealkylation sites (tertiary alicyclic amines) is 1. The number of hydrogen-bond acceptors (Lipinski definition) is 4. The van der Waals surface area contributed by atoms with E-state index in [1.54, 1.807) is 17.0 Å². The van der Waals surface area contributed by atoms with E-state index in [2.05, 4.69) is 0 Å². The van der Waals surface area contributed by atoms with Gasteiger partial charge in [-0.15, -0.1) is 0 Å². The van der Waals surface area contributed by atoms with Crippen LogP contribution in [0.3, 0.4) is 0 Å². The van der Waals surface area contributed by atoms with Crippen LogP contribution in [0.15, 0.2) is 29.2 Å². The van der Waals surface area contributed by atoms with E-state index in [1.807, 2.05) is 6.92 Å². The highest BCUT2D eigenvalue weighted by molar-refractivity contribution is 7.90. The van der Waals surface area contributed by atoms with E-state index in [9.17, 15) is 18.3 Å². The second-order valence-corrected chi connectivity index (χ2v) is 9.40. The smallest absolute Gasteiger partial charge is 0.227 e. The fourth-order valence-electron chi connectivity index (χ4n) is 3.79. The highest BCUT2D eigenvalue weighted by atomic mass is 32.2. The Morgan fingerprint density at radius 1 is 1.29 bits per heavy atom. The molecule has 0 spiro atoms. The molecule has 1 aromatic rings. The number of hydrogen-bond donors (Lipinski definition) is 1. The number of benzene rings is 1. The Hall–Kier alpha value is -1.40. The SMILES string of the molecule is C[C@@H]1CN(C(=O)Cc2ccc(S(C)(=O)=O)cc2)C[C@@]1(O)C1CCC1. The number of nitrogens with zero attached hydrogens (tertiary/aromatic N) is 1. The highest BCUT2D eigenvalue weighted by Gasteiger charge is 2.50. The number of amides is 1. The lowest BCUT2D eigenvalue weighted by molar-refractivity contribution is -0.131. The fraction of sp³-hybridized carbons (Fsp3) is 0.611. The molecule has 2 fully saturated rings. The molecule has 1 saturated heterocycles. The Kier molecular flexibility index (Phi) is 4.47. The van der Waals surface area contributed by atoms with E-state index in [4.69, 9.17) is 0 Å². The molecule has 5 nitrogen and oxygen atoms in total. The van der Waals surface area contributed by atoms with E-state index >= 15 is 0 Å². The molecule has 24 heavy (non-hydrogen) atoms. The van der Waals surface area contributed by atoms with Crippen LogP contribution < -0.4 is 0 Å². The molecule has 0 bridgehead atoms. The number of carbonyl (C=O) groups is 1. The Balaban J connectivity index is 1.65. The molecular formula is C18H25NO4S. The van der Waals surface area contributed by atoms with Crippen molar-refractivity contribution in [3.8, 4) is 0 Å². The predicted octanol–water partition coefficient (Wildman–Crippen LogP) is 1.64. The van der Waals surface area contributed by atoms with Gasteiger partial charge in [-0.2, -0.15) is 0 Å². The molecule has 0 unspecified atom stereocenters. The minimum Gasteiger partial charge on any atom is -0.387 e. The van der Waals surface area contributed by atoms with Gasteiger partial charge in [0.1, 0.15) is 0 Å². The summed E-state index contributed by atoms with van der Waals surface area (Å²) in [7, 11) is -3.22. The van der Waals surface area contributed by atoms with Gasteiger partial charge >= 0.3 is 0 Å². The van der Waals surface area contributed by atoms with Gasteiger partial charge in [0.05, 0.1) is 16.9 Å². The molecule has 1 heterocycles. The number of sulfone groups is 1. The van der Waals surface area contributed by atoms with Gasteiger partial charge in [-0.25, -0.2) is 8.42 Å². The van der Waals surface area contributed by atoms with E-state index in [-0.39, 0.29) is 23.1 Å². The number of rotatable bonds is 4. The summed E-state index contributed by atoms with van der Waals surface area (Å²) in [6, 6.07) is 6.45. The van der Waals surface area contributed by atoms with E-state index in [0.29, 0.717) is 19.0 Å². The molecule has 2 aliphatic rings. The standard InChI is InChI=1S/C18H25NO4S/c1-13-11-19(12-18(13,21)15-4-3-5-15)17(20)10-14-6-8-16(9-7-14)24(2,22)23/h6-9,13,15,21H,3-5,10-12H2,1-2H3/t13-,18+/m1/s1. The van der Waals surface area contributed by atoms with Crippen molar-refractivity contribution in [1.29, 1.82) is 0 Å². The zero-order chi connectivity index (χ0) is 17.5. The summed E-state index contributed by atoms with van der Waals surface area (Å²) in [6.07, 6.45) is 4.67. The Labute approximate surface area is 143 Å². The first-order valence-electron chi connectivity index (χ1n) is 8.49. The molecule has 3 rings (SSSR count). The maximum Gasteiger partial charge on any atom is 0.227 e. The normalized spacial score (nSPS) is 28.0. The molecule has 2 atom stereocenters. The van der Waals surface area contributed by atoms with Crippen molar-refractivity contribution < 1.29 is 18.3 Å². The quantitative estimate of drug-likeness (QED) is 0.895. The Morgan fingerprint density at radius 2 is 1.92 bits per heavy atom. The average molecular weight is 351 g/mol. The lowest BCUT2D eigenvalue weighted by Gasteiger charge is -2.41. The van der Waals surface area contributed by atoms with E-state index in [1.165, 1.54) is 24.8 Å². The molecule has 1 amide bonds. The van der Waals surface area contributed by atoms with Crippen LogP contribution in [0.2, 0.25) is 0 Å². The molecule has 1 saturated carbocycles. The van der Waals surface area contributed by atoms with E-state index < -0.39 is 15.4 Å². The molecule has 1 aromatic carbocycles. The number of carbonyl (C=O) groups excluding carboxylic acids is 1. The molecule has 1 aliphatic heterocycles. The molecule has 0 aromatic heterocycles. The number of aliphatic hydroxyl groups is 1. The maximum absolute atomic E-state index is 12.6. The monoisotopic (exact) mass is 351 g/mol. The van der Waals surface area contributed by atoms with Crippen molar-refractivity contribution in [3.05, 3.63) is 29.8 Å². The Bertz CT molecular complexity index is 724. The summed E-state index contributed by atoms with van der Waals surface area (Å²) in [5.41, 5.74) is 0.0489. The molecule has 1 N–H and O–H groups in total. The van der Waals surface area contributed by atoms with Gasteiger partial charge in [0.15, 0.2) is 9.84 Å². The summed E-state index contributed by atoms with van der Waals surface area (Å²) in [4.78, 5) is 14.6. The molecule has 0 radical (unpaired) electrons. The second kappa shape index (κ2) is 6.15. The van der Waals surface area contributed by atoms with Crippen molar-refractivity contribution in [2.24, 2.45) is 11.8 Å². The summed E-state index contributed by atoms with van der Waals surface area (Å²) < 4.78 is 23.0. The summed E-state index contributed by atoms with van der Waals surface area (Å²) in [5, 5.41) is 10.9. The van der Waals surface area contributed by atoms with Crippen LogP contribution in [-0.2, 0) is 21.1 Å². The lowest BCUT2D eigenvalue weighted by atomic mass is 9.69. The van der Waals surface area contributed by atoms with Crippen LogP contribution in [0.1, 0.15) is 31.7 Å². The van der Waals surface area contributed by atoms with Crippen LogP contribution >= 0.6 is 0 Å². The van der Waals surface area contributed by atoms with Gasteiger partial charge in [0.25, 0.3) is 0 Å². The van der Waals surface area contributed by atoms with Crippen molar-refractivity contribution in [1.82, 2.24) is 4.90 Å². The van der Waals surface area contributed by atoms with Gasteiger partial charge in [-0.1, -0.05) is 25.5 Å². The van der Waals surface area contributed by atoms with Gasteiger partial charge in [0, 0.05) is 25.3 Å². The maximum atomic E-state index is 12.6. The lowest BCUT2D eigenvalue weighted by Crippen LogP contribution is -2.48. The minimum atomic E-state index is -3.22. The third-order valence-corrected chi connectivity index (χ3v) is 6.79. The van der Waals surface area contributed by atoms with Crippen LogP contribution in [0, 0.1) is 11.8 Å². The molecular weight excluding hydrogens is 326 g/mol. The zero-order valence-electron chi connectivity index (χ0n) is 14.2.